The number of hydrogen-bond donors (Lipinski definition) is 1. The van der Waals surface area contributed by atoms with Crippen molar-refractivity contribution >= 4 is 16.3 Å². The van der Waals surface area contributed by atoms with Crippen molar-refractivity contribution in [2.24, 2.45) is 0 Å². The lowest BCUT2D eigenvalue weighted by atomic mass is 10.3. The summed E-state index contributed by atoms with van der Waals surface area (Å²) in [7, 11) is 0. The third-order valence-corrected chi connectivity index (χ3v) is 3.32. The first-order valence-electron chi connectivity index (χ1n) is 5.44. The average Bonchev–Trinajstić information content (AvgIpc) is 2.75. The van der Waals surface area contributed by atoms with Gasteiger partial charge >= 0.3 is 0 Å². The summed E-state index contributed by atoms with van der Waals surface area (Å²) in [6.07, 6.45) is 4.58. The molecule has 2 aromatic rings. The maximum Gasteiger partial charge on any atom is 0.194 e. The predicted octanol–water partition coefficient (Wildman–Crippen LogP) is 2.59. The smallest absolute Gasteiger partial charge is 0.194 e. The zero-order valence-electron chi connectivity index (χ0n) is 9.29. The van der Waals surface area contributed by atoms with Crippen LogP contribution in [0.25, 0.3) is 4.96 Å². The van der Waals surface area contributed by atoms with E-state index < -0.39 is 0 Å². The van der Waals surface area contributed by atoms with Crippen LogP contribution in [0.2, 0.25) is 0 Å². The molecule has 0 aliphatic rings. The zero-order chi connectivity index (χ0) is 10.7. The van der Waals surface area contributed by atoms with E-state index in [4.69, 9.17) is 0 Å². The Bertz CT molecular complexity index is 430. The Balaban J connectivity index is 2.05. The van der Waals surface area contributed by atoms with Crippen LogP contribution in [-0.4, -0.2) is 15.9 Å². The van der Waals surface area contributed by atoms with Crippen molar-refractivity contribution in [1.29, 1.82) is 0 Å². The van der Waals surface area contributed by atoms with Crippen molar-refractivity contribution in [3.8, 4) is 0 Å². The van der Waals surface area contributed by atoms with E-state index >= 15 is 0 Å². The van der Waals surface area contributed by atoms with Crippen LogP contribution in [0, 0.1) is 6.92 Å². The van der Waals surface area contributed by atoms with Gasteiger partial charge in [-0.3, -0.25) is 4.40 Å². The fourth-order valence-electron chi connectivity index (χ4n) is 1.66. The van der Waals surface area contributed by atoms with Gasteiger partial charge in [0.1, 0.15) is 0 Å². The van der Waals surface area contributed by atoms with Crippen LogP contribution in [0.1, 0.15) is 31.2 Å². The lowest BCUT2D eigenvalue weighted by Gasteiger charge is -2.03. The largest absolute Gasteiger partial charge is 0.311 e. The summed E-state index contributed by atoms with van der Waals surface area (Å²) in [4.78, 5) is 5.61. The lowest BCUT2D eigenvalue weighted by Crippen LogP contribution is -2.16. The maximum absolute atomic E-state index is 4.51. The Morgan fingerprint density at radius 3 is 3.20 bits per heavy atom. The number of fused-ring (bicyclic) bond motifs is 1. The summed E-state index contributed by atoms with van der Waals surface area (Å²) in [5.74, 6) is 0. The standard InChI is InChI=1S/C11H17N3S/c1-3-4-5-12-8-10-9(2)13-11-14(10)6-7-15-11/h6-7,12H,3-5,8H2,1-2H3. The van der Waals surface area contributed by atoms with Gasteiger partial charge in [-0.25, -0.2) is 4.98 Å². The molecule has 0 fully saturated rings. The molecular formula is C11H17N3S. The van der Waals surface area contributed by atoms with Gasteiger partial charge in [0.15, 0.2) is 4.96 Å². The van der Waals surface area contributed by atoms with Crippen LogP contribution in [0.4, 0.5) is 0 Å². The molecule has 0 aliphatic carbocycles. The molecule has 0 saturated carbocycles. The quantitative estimate of drug-likeness (QED) is 0.789. The van der Waals surface area contributed by atoms with Crippen LogP contribution in [-0.2, 0) is 6.54 Å². The molecule has 4 heteroatoms. The third-order valence-electron chi connectivity index (χ3n) is 2.56. The maximum atomic E-state index is 4.51. The molecule has 2 rings (SSSR count). The van der Waals surface area contributed by atoms with Crippen LogP contribution >= 0.6 is 11.3 Å². The SMILES string of the molecule is CCCCNCc1c(C)nc2sccn12. The Morgan fingerprint density at radius 1 is 1.53 bits per heavy atom. The first-order chi connectivity index (χ1) is 7.33. The molecule has 0 bridgehead atoms. The Kier molecular flexibility index (Phi) is 3.38. The van der Waals surface area contributed by atoms with Gasteiger partial charge in [0.25, 0.3) is 0 Å². The van der Waals surface area contributed by atoms with Crippen LogP contribution in [0.5, 0.6) is 0 Å². The first kappa shape index (κ1) is 10.6. The van der Waals surface area contributed by atoms with Crippen molar-refractivity contribution in [3.63, 3.8) is 0 Å². The summed E-state index contributed by atoms with van der Waals surface area (Å²) in [6.45, 7) is 6.30. The molecule has 1 N–H and O–H groups in total. The van der Waals surface area contributed by atoms with E-state index in [0.717, 1.165) is 23.7 Å². The Hall–Kier alpha value is -0.870. The zero-order valence-corrected chi connectivity index (χ0v) is 10.1. The molecule has 0 atom stereocenters. The number of nitrogens with zero attached hydrogens (tertiary/aromatic N) is 2. The van der Waals surface area contributed by atoms with Crippen molar-refractivity contribution in [1.82, 2.24) is 14.7 Å². The normalized spacial score (nSPS) is 11.3. The fraction of sp³-hybridized carbons (Fsp3) is 0.545. The van der Waals surface area contributed by atoms with Crippen molar-refractivity contribution in [2.75, 3.05) is 6.54 Å². The lowest BCUT2D eigenvalue weighted by molar-refractivity contribution is 0.629. The van der Waals surface area contributed by atoms with E-state index in [1.165, 1.54) is 18.5 Å². The van der Waals surface area contributed by atoms with Crippen molar-refractivity contribution < 1.29 is 0 Å². The molecular weight excluding hydrogens is 206 g/mol. The highest BCUT2D eigenvalue weighted by molar-refractivity contribution is 7.15. The highest BCUT2D eigenvalue weighted by Gasteiger charge is 2.08. The molecule has 0 saturated heterocycles. The summed E-state index contributed by atoms with van der Waals surface area (Å²) in [6, 6.07) is 0. The minimum absolute atomic E-state index is 0.920. The first-order valence-corrected chi connectivity index (χ1v) is 6.32. The molecule has 82 valence electrons. The highest BCUT2D eigenvalue weighted by Crippen LogP contribution is 2.16. The van der Waals surface area contributed by atoms with Gasteiger partial charge in [-0.15, -0.1) is 11.3 Å². The molecule has 0 aromatic carbocycles. The van der Waals surface area contributed by atoms with Crippen LogP contribution in [0.15, 0.2) is 11.6 Å². The number of unbranched alkanes of at least 4 members (excludes halogenated alkanes) is 1. The van der Waals surface area contributed by atoms with Crippen LogP contribution < -0.4 is 5.32 Å². The van der Waals surface area contributed by atoms with E-state index in [1.54, 1.807) is 11.3 Å². The highest BCUT2D eigenvalue weighted by atomic mass is 32.1. The van der Waals surface area contributed by atoms with Gasteiger partial charge in [0.2, 0.25) is 0 Å². The summed E-state index contributed by atoms with van der Waals surface area (Å²) >= 11 is 1.69. The van der Waals surface area contributed by atoms with Gasteiger partial charge in [0.05, 0.1) is 11.4 Å². The topological polar surface area (TPSA) is 29.3 Å². The van der Waals surface area contributed by atoms with Gasteiger partial charge in [-0.1, -0.05) is 13.3 Å². The van der Waals surface area contributed by atoms with Gasteiger partial charge in [-0.05, 0) is 19.9 Å². The molecule has 15 heavy (non-hydrogen) atoms. The van der Waals surface area contributed by atoms with Crippen molar-refractivity contribution in [3.05, 3.63) is 23.0 Å². The number of imidazole rings is 1. The van der Waals surface area contributed by atoms with Gasteiger partial charge in [0, 0.05) is 18.1 Å². The van der Waals surface area contributed by atoms with Crippen LogP contribution in [0.3, 0.4) is 0 Å². The van der Waals surface area contributed by atoms with E-state index in [0.29, 0.717) is 0 Å². The van der Waals surface area contributed by atoms with E-state index in [1.807, 2.05) is 0 Å². The number of aryl methyl sites for hydroxylation is 1. The summed E-state index contributed by atoms with van der Waals surface area (Å²) < 4.78 is 2.18. The average molecular weight is 223 g/mol. The number of hydrogen-bond acceptors (Lipinski definition) is 3. The second kappa shape index (κ2) is 4.77. The monoisotopic (exact) mass is 223 g/mol. The minimum Gasteiger partial charge on any atom is -0.311 e. The molecule has 3 nitrogen and oxygen atoms in total. The molecule has 0 amide bonds. The second-order valence-electron chi connectivity index (χ2n) is 3.73. The molecule has 2 aromatic heterocycles. The second-order valence-corrected chi connectivity index (χ2v) is 4.60. The minimum atomic E-state index is 0.920. The molecule has 0 radical (unpaired) electrons. The van der Waals surface area contributed by atoms with Gasteiger partial charge in [-0.2, -0.15) is 0 Å². The number of nitrogens with one attached hydrogen (secondary N) is 1. The number of rotatable bonds is 5. The van der Waals surface area contributed by atoms with Crippen molar-refractivity contribution in [2.45, 2.75) is 33.2 Å². The fourth-order valence-corrected chi connectivity index (χ4v) is 2.44. The Labute approximate surface area is 94.1 Å². The number of aromatic nitrogens is 2. The van der Waals surface area contributed by atoms with E-state index in [9.17, 15) is 0 Å². The molecule has 0 aliphatic heterocycles. The number of thiazole rings is 1. The third kappa shape index (κ3) is 2.21. The molecule has 0 spiro atoms. The molecule has 2 heterocycles. The Morgan fingerprint density at radius 2 is 2.40 bits per heavy atom. The van der Waals surface area contributed by atoms with E-state index in [-0.39, 0.29) is 0 Å². The molecule has 0 unspecified atom stereocenters. The van der Waals surface area contributed by atoms with E-state index in [2.05, 4.69) is 40.1 Å². The predicted molar refractivity (Wildman–Crippen MR) is 64.4 cm³/mol. The summed E-state index contributed by atoms with van der Waals surface area (Å²) in [5.41, 5.74) is 2.44. The summed E-state index contributed by atoms with van der Waals surface area (Å²) in [5, 5.41) is 5.54. The van der Waals surface area contributed by atoms with Gasteiger partial charge < -0.3 is 5.32 Å².